The Hall–Kier alpha value is -2.93. The Morgan fingerprint density at radius 3 is 2.66 bits per heavy atom. The van der Waals surface area contributed by atoms with Crippen LogP contribution in [0, 0.1) is 5.82 Å². The molecule has 0 aromatic heterocycles. The van der Waals surface area contributed by atoms with Gasteiger partial charge in [0, 0.05) is 39.3 Å². The number of amides is 1. The molecule has 0 bridgehead atoms. The van der Waals surface area contributed by atoms with Crippen LogP contribution in [0.25, 0.3) is 0 Å². The molecule has 1 aliphatic heterocycles. The van der Waals surface area contributed by atoms with Gasteiger partial charge in [0.25, 0.3) is 5.91 Å². The van der Waals surface area contributed by atoms with Crippen LogP contribution in [-0.4, -0.2) is 68.0 Å². The Morgan fingerprint density at radius 1 is 1.22 bits per heavy atom. The lowest BCUT2D eigenvalue weighted by molar-refractivity contribution is -0.0605. The third-order valence-electron chi connectivity index (χ3n) is 5.38. The monoisotopic (exact) mass is 440 g/mol. The lowest BCUT2D eigenvalue weighted by Gasteiger charge is -2.38. The maximum Gasteiger partial charge on any atom is 0.253 e. The van der Waals surface area contributed by atoms with Crippen LogP contribution in [-0.2, 0) is 11.2 Å². The summed E-state index contributed by atoms with van der Waals surface area (Å²) in [5, 5.41) is 3.38. The van der Waals surface area contributed by atoms with Gasteiger partial charge in [0.05, 0.1) is 12.6 Å². The zero-order valence-electron chi connectivity index (χ0n) is 19.3. The summed E-state index contributed by atoms with van der Waals surface area (Å²) in [7, 11) is 3.51. The van der Waals surface area contributed by atoms with E-state index in [9.17, 15) is 9.18 Å². The van der Waals surface area contributed by atoms with Gasteiger partial charge in [-0.25, -0.2) is 4.39 Å². The average molecular weight is 441 g/mol. The zero-order valence-corrected chi connectivity index (χ0v) is 19.3. The van der Waals surface area contributed by atoms with Crippen molar-refractivity contribution in [2.75, 3.05) is 40.3 Å². The summed E-state index contributed by atoms with van der Waals surface area (Å²) < 4.78 is 19.4. The van der Waals surface area contributed by atoms with Gasteiger partial charge < -0.3 is 19.9 Å². The van der Waals surface area contributed by atoms with E-state index < -0.39 is 0 Å². The molecular formula is C25H33FN4O2. The normalized spacial score (nSPS) is 19.0. The maximum atomic E-state index is 13.3. The molecule has 1 fully saturated rings. The third kappa shape index (κ3) is 6.29. The predicted molar refractivity (Wildman–Crippen MR) is 125 cm³/mol. The van der Waals surface area contributed by atoms with Gasteiger partial charge in [0.15, 0.2) is 5.96 Å². The molecule has 0 radical (unpaired) electrons. The van der Waals surface area contributed by atoms with Crippen molar-refractivity contribution in [3.05, 3.63) is 71.0 Å². The Kier molecular flexibility index (Phi) is 8.22. The van der Waals surface area contributed by atoms with Crippen molar-refractivity contribution in [3.63, 3.8) is 0 Å². The molecule has 6 nitrogen and oxygen atoms in total. The van der Waals surface area contributed by atoms with Gasteiger partial charge in [-0.05, 0) is 55.7 Å². The van der Waals surface area contributed by atoms with Crippen molar-refractivity contribution < 1.29 is 13.9 Å². The van der Waals surface area contributed by atoms with Crippen molar-refractivity contribution in [2.24, 2.45) is 4.99 Å². The second-order valence-electron chi connectivity index (χ2n) is 8.28. The molecule has 1 aliphatic rings. The predicted octanol–water partition coefficient (Wildman–Crippen LogP) is 3.50. The average Bonchev–Trinajstić information content (AvgIpc) is 2.78. The second kappa shape index (κ2) is 11.1. The fourth-order valence-electron chi connectivity index (χ4n) is 3.82. The minimum absolute atomic E-state index is 0.00201. The molecule has 7 heteroatoms. The van der Waals surface area contributed by atoms with Gasteiger partial charge in [-0.2, -0.15) is 0 Å². The number of guanidine groups is 1. The minimum atomic E-state index is -0.249. The number of morpholine rings is 1. The number of carbonyl (C=O) groups is 1. The van der Waals surface area contributed by atoms with Gasteiger partial charge >= 0.3 is 0 Å². The van der Waals surface area contributed by atoms with E-state index in [0.29, 0.717) is 18.7 Å². The topological polar surface area (TPSA) is 57.2 Å². The van der Waals surface area contributed by atoms with Crippen LogP contribution in [0.1, 0.15) is 41.4 Å². The summed E-state index contributed by atoms with van der Waals surface area (Å²) in [6, 6.07) is 14.2. The van der Waals surface area contributed by atoms with Gasteiger partial charge in [0.1, 0.15) is 11.9 Å². The molecule has 2 aromatic carbocycles. The molecule has 2 aromatic rings. The molecule has 0 saturated carbocycles. The van der Waals surface area contributed by atoms with Crippen LogP contribution in [0.5, 0.6) is 0 Å². The standard InChI is InChI=1S/C25H33FN4O2/c1-5-27-25(28-14-13-19-7-6-8-21(15-19)24(31)29(3)4)30-16-18(2)32-23(17-30)20-9-11-22(26)12-10-20/h6-12,15,18,23H,5,13-14,16-17H2,1-4H3,(H,27,28). The van der Waals surface area contributed by atoms with E-state index in [1.54, 1.807) is 31.1 Å². The summed E-state index contributed by atoms with van der Waals surface area (Å²) in [5.41, 5.74) is 2.73. The molecule has 2 atom stereocenters. The molecule has 1 saturated heterocycles. The number of nitrogens with zero attached hydrogens (tertiary/aromatic N) is 3. The largest absolute Gasteiger partial charge is 0.367 e. The number of nitrogens with one attached hydrogen (secondary N) is 1. The lowest BCUT2D eigenvalue weighted by Crippen LogP contribution is -2.50. The first-order valence-corrected chi connectivity index (χ1v) is 11.1. The number of halogens is 1. The Labute approximate surface area is 190 Å². The van der Waals surface area contributed by atoms with Crippen molar-refractivity contribution >= 4 is 11.9 Å². The highest BCUT2D eigenvalue weighted by Gasteiger charge is 2.28. The fraction of sp³-hybridized carbons (Fsp3) is 0.440. The molecule has 2 unspecified atom stereocenters. The molecule has 1 amide bonds. The van der Waals surface area contributed by atoms with Gasteiger partial charge in [0.2, 0.25) is 0 Å². The molecule has 172 valence electrons. The van der Waals surface area contributed by atoms with Crippen molar-refractivity contribution in [3.8, 4) is 0 Å². The molecule has 3 rings (SSSR count). The number of hydrogen-bond acceptors (Lipinski definition) is 3. The SMILES string of the molecule is CCNC(=NCCc1cccc(C(=O)N(C)C)c1)N1CC(C)OC(c2ccc(F)cc2)C1. The lowest BCUT2D eigenvalue weighted by atomic mass is 10.1. The van der Waals surface area contributed by atoms with E-state index in [-0.39, 0.29) is 23.9 Å². The molecule has 32 heavy (non-hydrogen) atoms. The fourth-order valence-corrected chi connectivity index (χ4v) is 3.82. The highest BCUT2D eigenvalue weighted by molar-refractivity contribution is 5.94. The minimum Gasteiger partial charge on any atom is -0.367 e. The zero-order chi connectivity index (χ0) is 23.1. The highest BCUT2D eigenvalue weighted by atomic mass is 19.1. The first-order valence-electron chi connectivity index (χ1n) is 11.1. The van der Waals surface area contributed by atoms with Crippen molar-refractivity contribution in [2.45, 2.75) is 32.5 Å². The van der Waals surface area contributed by atoms with E-state index in [1.165, 1.54) is 12.1 Å². The number of ether oxygens (including phenoxy) is 1. The number of aliphatic imine (C=N–C) groups is 1. The molecular weight excluding hydrogens is 407 g/mol. The van der Waals surface area contributed by atoms with Gasteiger partial charge in [-0.3, -0.25) is 9.79 Å². The van der Waals surface area contributed by atoms with Crippen molar-refractivity contribution in [1.29, 1.82) is 0 Å². The molecule has 0 spiro atoms. The van der Waals surface area contributed by atoms with E-state index >= 15 is 0 Å². The van der Waals surface area contributed by atoms with Crippen LogP contribution in [0.3, 0.4) is 0 Å². The molecule has 0 aliphatic carbocycles. The van der Waals surface area contributed by atoms with Crippen LogP contribution < -0.4 is 5.32 Å². The van der Waals surface area contributed by atoms with Gasteiger partial charge in [-0.15, -0.1) is 0 Å². The van der Waals surface area contributed by atoms with E-state index in [2.05, 4.69) is 10.2 Å². The number of carbonyl (C=O) groups excluding carboxylic acids is 1. The first kappa shape index (κ1) is 23.7. The Balaban J connectivity index is 1.69. The summed E-state index contributed by atoms with van der Waals surface area (Å²) in [6.07, 6.45) is 0.624. The number of hydrogen-bond donors (Lipinski definition) is 1. The molecule has 1 N–H and O–H groups in total. The Bertz CT molecular complexity index is 930. The maximum absolute atomic E-state index is 13.3. The van der Waals surface area contributed by atoms with E-state index in [4.69, 9.17) is 9.73 Å². The summed E-state index contributed by atoms with van der Waals surface area (Å²) in [6.45, 7) is 6.84. The van der Waals surface area contributed by atoms with Crippen LogP contribution in [0.4, 0.5) is 4.39 Å². The number of rotatable bonds is 6. The molecule has 1 heterocycles. The number of benzene rings is 2. The van der Waals surface area contributed by atoms with Crippen LogP contribution in [0.15, 0.2) is 53.5 Å². The van der Waals surface area contributed by atoms with Crippen LogP contribution >= 0.6 is 0 Å². The first-order chi connectivity index (χ1) is 15.4. The summed E-state index contributed by atoms with van der Waals surface area (Å²) >= 11 is 0. The smallest absolute Gasteiger partial charge is 0.253 e. The van der Waals surface area contributed by atoms with Gasteiger partial charge in [-0.1, -0.05) is 24.3 Å². The second-order valence-corrected chi connectivity index (χ2v) is 8.28. The summed E-state index contributed by atoms with van der Waals surface area (Å²) in [5.74, 6) is 0.592. The van der Waals surface area contributed by atoms with Crippen LogP contribution in [0.2, 0.25) is 0 Å². The van der Waals surface area contributed by atoms with E-state index in [0.717, 1.165) is 36.6 Å². The van der Waals surface area contributed by atoms with E-state index in [1.807, 2.05) is 38.1 Å². The third-order valence-corrected chi connectivity index (χ3v) is 5.38. The summed E-state index contributed by atoms with van der Waals surface area (Å²) in [4.78, 5) is 20.8. The van der Waals surface area contributed by atoms with Crippen molar-refractivity contribution in [1.82, 2.24) is 15.1 Å². The Morgan fingerprint density at radius 2 is 1.97 bits per heavy atom. The highest BCUT2D eigenvalue weighted by Crippen LogP contribution is 2.25. The quantitative estimate of drug-likeness (QED) is 0.552.